The SMILES string of the molecule is [O-][n+]1ccncc1N1CCN(c2ccccn2)CC1. The lowest BCUT2D eigenvalue weighted by atomic mass is 10.3. The van der Waals surface area contributed by atoms with Gasteiger partial charge in [-0.15, -0.1) is 0 Å². The van der Waals surface area contributed by atoms with Crippen molar-refractivity contribution in [1.29, 1.82) is 0 Å². The summed E-state index contributed by atoms with van der Waals surface area (Å²) in [6.45, 7) is 3.30. The molecule has 0 aromatic carbocycles. The van der Waals surface area contributed by atoms with E-state index in [0.717, 1.165) is 36.7 Å². The van der Waals surface area contributed by atoms with E-state index in [9.17, 15) is 5.21 Å². The quantitative estimate of drug-likeness (QED) is 0.577. The Morgan fingerprint density at radius 2 is 1.84 bits per heavy atom. The van der Waals surface area contributed by atoms with Crippen LogP contribution in [-0.4, -0.2) is 36.1 Å². The highest BCUT2D eigenvalue weighted by Crippen LogP contribution is 2.15. The molecule has 0 N–H and O–H groups in total. The smallest absolute Gasteiger partial charge is 0.298 e. The molecule has 0 bridgehead atoms. The molecule has 0 aliphatic carbocycles. The fourth-order valence-electron chi connectivity index (χ4n) is 2.27. The first-order valence-corrected chi connectivity index (χ1v) is 6.29. The standard InChI is InChI=1S/C13H15N5O/c19-18-6-5-14-11-13(18)17-9-7-16(8-10-17)12-3-1-2-4-15-12/h1-6,11H,7-10H2. The molecule has 0 atom stereocenters. The van der Waals surface area contributed by atoms with Crippen molar-refractivity contribution >= 4 is 11.6 Å². The molecule has 3 rings (SSSR count). The molecule has 0 unspecified atom stereocenters. The van der Waals surface area contributed by atoms with Gasteiger partial charge in [-0.2, -0.15) is 0 Å². The van der Waals surface area contributed by atoms with Gasteiger partial charge < -0.3 is 10.1 Å². The molecular weight excluding hydrogens is 242 g/mol. The van der Waals surface area contributed by atoms with E-state index in [-0.39, 0.29) is 0 Å². The highest BCUT2D eigenvalue weighted by molar-refractivity contribution is 5.41. The van der Waals surface area contributed by atoms with E-state index in [1.54, 1.807) is 12.4 Å². The van der Waals surface area contributed by atoms with Gasteiger partial charge in [-0.1, -0.05) is 6.07 Å². The van der Waals surface area contributed by atoms with E-state index in [2.05, 4.69) is 19.8 Å². The number of anilines is 2. The number of hydrogen-bond acceptors (Lipinski definition) is 5. The fourth-order valence-corrected chi connectivity index (χ4v) is 2.27. The molecule has 6 heteroatoms. The Kier molecular flexibility index (Phi) is 3.14. The number of aromatic nitrogens is 3. The minimum atomic E-state index is 0.614. The molecular formula is C13H15N5O. The summed E-state index contributed by atoms with van der Waals surface area (Å²) < 4.78 is 0.865. The molecule has 98 valence electrons. The molecule has 1 aliphatic heterocycles. The average molecular weight is 257 g/mol. The molecule has 0 saturated carbocycles. The number of rotatable bonds is 2. The third kappa shape index (κ3) is 2.42. The Hall–Kier alpha value is -2.37. The van der Waals surface area contributed by atoms with Crippen molar-refractivity contribution in [2.75, 3.05) is 36.0 Å². The molecule has 1 saturated heterocycles. The van der Waals surface area contributed by atoms with E-state index in [1.807, 2.05) is 18.2 Å². The Balaban J connectivity index is 1.69. The molecule has 3 heterocycles. The largest absolute Gasteiger partial charge is 0.711 e. The van der Waals surface area contributed by atoms with Gasteiger partial charge in [-0.25, -0.2) is 9.71 Å². The molecule has 2 aromatic heterocycles. The number of nitrogens with zero attached hydrogens (tertiary/aromatic N) is 5. The summed E-state index contributed by atoms with van der Waals surface area (Å²) in [6.07, 6.45) is 6.35. The first-order chi connectivity index (χ1) is 9.34. The van der Waals surface area contributed by atoms with Gasteiger partial charge in [0.2, 0.25) is 0 Å². The van der Waals surface area contributed by atoms with Gasteiger partial charge in [-0.05, 0) is 12.1 Å². The monoisotopic (exact) mass is 257 g/mol. The van der Waals surface area contributed by atoms with Crippen LogP contribution in [0.1, 0.15) is 0 Å². The molecule has 6 nitrogen and oxygen atoms in total. The van der Waals surface area contributed by atoms with Gasteiger partial charge >= 0.3 is 0 Å². The lowest BCUT2D eigenvalue weighted by Crippen LogP contribution is -2.50. The topological polar surface area (TPSA) is 59.2 Å². The van der Waals surface area contributed by atoms with E-state index in [1.165, 1.54) is 12.4 Å². The first-order valence-electron chi connectivity index (χ1n) is 6.29. The molecule has 2 aromatic rings. The molecule has 1 aliphatic rings. The number of pyridine rings is 1. The molecule has 0 amide bonds. The zero-order valence-electron chi connectivity index (χ0n) is 10.5. The Labute approximate surface area is 111 Å². The van der Waals surface area contributed by atoms with Crippen LogP contribution in [0.3, 0.4) is 0 Å². The summed E-state index contributed by atoms with van der Waals surface area (Å²) in [4.78, 5) is 12.6. The lowest BCUT2D eigenvalue weighted by Gasteiger charge is -2.32. The summed E-state index contributed by atoms with van der Waals surface area (Å²) in [5.41, 5.74) is 0. The van der Waals surface area contributed by atoms with Crippen molar-refractivity contribution in [1.82, 2.24) is 9.97 Å². The van der Waals surface area contributed by atoms with Crippen LogP contribution in [0.4, 0.5) is 11.6 Å². The fraction of sp³-hybridized carbons (Fsp3) is 0.308. The number of hydrogen-bond donors (Lipinski definition) is 0. The molecule has 19 heavy (non-hydrogen) atoms. The van der Waals surface area contributed by atoms with E-state index < -0.39 is 0 Å². The van der Waals surface area contributed by atoms with E-state index in [4.69, 9.17) is 0 Å². The summed E-state index contributed by atoms with van der Waals surface area (Å²) >= 11 is 0. The van der Waals surface area contributed by atoms with Crippen molar-refractivity contribution < 1.29 is 4.73 Å². The second-order valence-electron chi connectivity index (χ2n) is 4.42. The predicted molar refractivity (Wildman–Crippen MR) is 71.9 cm³/mol. The zero-order valence-corrected chi connectivity index (χ0v) is 10.5. The Morgan fingerprint density at radius 3 is 2.53 bits per heavy atom. The van der Waals surface area contributed by atoms with Gasteiger partial charge in [0.25, 0.3) is 5.82 Å². The summed E-state index contributed by atoms with van der Waals surface area (Å²) in [5.74, 6) is 1.60. The normalized spacial score (nSPS) is 15.6. The summed E-state index contributed by atoms with van der Waals surface area (Å²) in [6, 6.07) is 5.91. The van der Waals surface area contributed by atoms with Gasteiger partial charge in [0, 0.05) is 6.20 Å². The van der Waals surface area contributed by atoms with Crippen molar-refractivity contribution in [2.45, 2.75) is 0 Å². The van der Waals surface area contributed by atoms with Crippen LogP contribution >= 0.6 is 0 Å². The van der Waals surface area contributed by atoms with E-state index >= 15 is 0 Å². The average Bonchev–Trinajstić information content (AvgIpc) is 2.49. The third-order valence-electron chi connectivity index (χ3n) is 3.28. The maximum atomic E-state index is 11.7. The van der Waals surface area contributed by atoms with Crippen LogP contribution in [0.25, 0.3) is 0 Å². The Morgan fingerprint density at radius 1 is 1.05 bits per heavy atom. The van der Waals surface area contributed by atoms with Gasteiger partial charge in [0.1, 0.15) is 31.3 Å². The minimum Gasteiger partial charge on any atom is -0.711 e. The highest BCUT2D eigenvalue weighted by Gasteiger charge is 2.24. The van der Waals surface area contributed by atoms with Crippen LogP contribution in [-0.2, 0) is 0 Å². The maximum Gasteiger partial charge on any atom is 0.298 e. The van der Waals surface area contributed by atoms with Gasteiger partial charge in [-0.3, -0.25) is 9.88 Å². The van der Waals surface area contributed by atoms with Crippen molar-refractivity contribution in [3.05, 3.63) is 48.2 Å². The van der Waals surface area contributed by atoms with Crippen LogP contribution < -0.4 is 14.5 Å². The van der Waals surface area contributed by atoms with Gasteiger partial charge in [0.15, 0.2) is 0 Å². The van der Waals surface area contributed by atoms with E-state index in [0.29, 0.717) is 5.82 Å². The molecule has 0 radical (unpaired) electrons. The van der Waals surface area contributed by atoms with Crippen LogP contribution in [0.5, 0.6) is 0 Å². The summed E-state index contributed by atoms with van der Waals surface area (Å²) in [5, 5.41) is 11.7. The molecule has 0 spiro atoms. The molecule has 1 fully saturated rings. The van der Waals surface area contributed by atoms with Crippen molar-refractivity contribution in [3.63, 3.8) is 0 Å². The zero-order chi connectivity index (χ0) is 13.1. The number of piperazine rings is 1. The van der Waals surface area contributed by atoms with Crippen molar-refractivity contribution in [2.24, 2.45) is 0 Å². The summed E-state index contributed by atoms with van der Waals surface area (Å²) in [7, 11) is 0. The third-order valence-corrected chi connectivity index (χ3v) is 3.28. The second-order valence-corrected chi connectivity index (χ2v) is 4.42. The first kappa shape index (κ1) is 11.7. The second kappa shape index (κ2) is 5.09. The predicted octanol–water partition coefficient (Wildman–Crippen LogP) is 0.437. The lowest BCUT2D eigenvalue weighted by molar-refractivity contribution is -0.592. The van der Waals surface area contributed by atoms with Gasteiger partial charge in [0.05, 0.1) is 19.3 Å². The minimum absolute atomic E-state index is 0.614. The van der Waals surface area contributed by atoms with Crippen LogP contribution in [0.15, 0.2) is 43.0 Å². The Bertz CT molecular complexity index is 540. The van der Waals surface area contributed by atoms with Crippen LogP contribution in [0, 0.1) is 5.21 Å². The highest BCUT2D eigenvalue weighted by atomic mass is 16.5. The van der Waals surface area contributed by atoms with Crippen molar-refractivity contribution in [3.8, 4) is 0 Å². The maximum absolute atomic E-state index is 11.7. The van der Waals surface area contributed by atoms with Crippen LogP contribution in [0.2, 0.25) is 0 Å².